The van der Waals surface area contributed by atoms with Crippen LogP contribution in [0.3, 0.4) is 0 Å². The highest BCUT2D eigenvalue weighted by Gasteiger charge is 2.02. The van der Waals surface area contributed by atoms with Crippen molar-refractivity contribution < 1.29 is 0 Å². The average molecular weight is 923 g/mol. The van der Waals surface area contributed by atoms with Crippen LogP contribution in [0.2, 0.25) is 0 Å². The number of benzene rings is 1. The van der Waals surface area contributed by atoms with Gasteiger partial charge in [-0.15, -0.1) is 15.3 Å². The minimum Gasteiger partial charge on any atom is -0.349 e. The van der Waals surface area contributed by atoms with Gasteiger partial charge in [-0.3, -0.25) is 4.68 Å². The van der Waals surface area contributed by atoms with Crippen molar-refractivity contribution in [2.75, 3.05) is 0 Å². The molecule has 1 N–H and O–H groups in total. The largest absolute Gasteiger partial charge is 0.349 e. The molecule has 0 unspecified atom stereocenters. The van der Waals surface area contributed by atoms with E-state index in [1.54, 1.807) is 25.0 Å². The van der Waals surface area contributed by atoms with Crippen molar-refractivity contribution in [2.24, 2.45) is 41.4 Å². The Bertz CT molecular complexity index is 1890. The Labute approximate surface area is 405 Å². The first kappa shape index (κ1) is 59.4. The van der Waals surface area contributed by atoms with E-state index in [1.165, 1.54) is 17.8 Å². The van der Waals surface area contributed by atoms with Gasteiger partial charge in [-0.05, 0) is 60.3 Å². The van der Waals surface area contributed by atoms with Crippen molar-refractivity contribution in [3.63, 3.8) is 0 Å². The molecule has 0 radical (unpaired) electrons. The van der Waals surface area contributed by atoms with Gasteiger partial charge in [0, 0.05) is 101 Å². The Balaban J connectivity index is 0.000000391. The van der Waals surface area contributed by atoms with E-state index < -0.39 is 0 Å². The summed E-state index contributed by atoms with van der Waals surface area (Å²) >= 11 is 0. The fourth-order valence-electron chi connectivity index (χ4n) is 6.34. The molecule has 14 heteroatoms. The lowest BCUT2D eigenvalue weighted by atomic mass is 10.0. The number of hydrogen-bond acceptors (Lipinski definition) is 8. The summed E-state index contributed by atoms with van der Waals surface area (Å²) in [5.74, 6) is 8.27. The molecule has 6 aromatic heterocycles. The third kappa shape index (κ3) is 31.8. The van der Waals surface area contributed by atoms with E-state index in [-0.39, 0.29) is 0 Å². The van der Waals surface area contributed by atoms with Gasteiger partial charge in [-0.25, -0.2) is 19.9 Å². The second kappa shape index (κ2) is 35.5. The van der Waals surface area contributed by atoms with Crippen LogP contribution in [0.25, 0.3) is 0 Å². The number of H-pyrrole nitrogens is 1. The summed E-state index contributed by atoms with van der Waals surface area (Å²) in [5.41, 5.74) is 1.44. The molecule has 67 heavy (non-hydrogen) atoms. The minimum atomic E-state index is 0.645. The minimum absolute atomic E-state index is 0.645. The molecule has 0 saturated carbocycles. The van der Waals surface area contributed by atoms with Crippen LogP contribution in [-0.2, 0) is 52.0 Å². The number of aryl methyl sites for hydroxylation is 2. The highest BCUT2D eigenvalue weighted by molar-refractivity contribution is 5.14. The van der Waals surface area contributed by atoms with Gasteiger partial charge in [-0.1, -0.05) is 139 Å². The molecule has 1 aromatic carbocycles. The summed E-state index contributed by atoms with van der Waals surface area (Å²) in [6, 6.07) is 10.6. The summed E-state index contributed by atoms with van der Waals surface area (Å²) in [5, 5.41) is 14.9. The Morgan fingerprint density at radius 1 is 0.493 bits per heavy atom. The van der Waals surface area contributed by atoms with E-state index in [9.17, 15) is 0 Å². The molecule has 0 atom stereocenters. The maximum atomic E-state index is 4.25. The van der Waals surface area contributed by atoms with Gasteiger partial charge in [0.15, 0.2) is 0 Å². The van der Waals surface area contributed by atoms with Crippen LogP contribution in [0, 0.1) is 48.3 Å². The highest BCUT2D eigenvalue weighted by atomic mass is 15.4. The van der Waals surface area contributed by atoms with Gasteiger partial charge in [0.25, 0.3) is 0 Å². The number of hydrogen-bond donors (Lipinski definition) is 1. The Morgan fingerprint density at radius 3 is 1.52 bits per heavy atom. The molecule has 0 saturated heterocycles. The van der Waals surface area contributed by atoms with E-state index in [1.807, 2.05) is 65.9 Å². The second-order valence-corrected chi connectivity index (χ2v) is 19.7. The van der Waals surface area contributed by atoms with Crippen LogP contribution in [0.15, 0.2) is 111 Å². The lowest BCUT2D eigenvalue weighted by molar-refractivity contribution is 0.472. The third-order valence-electron chi connectivity index (χ3n) is 9.01. The summed E-state index contributed by atoms with van der Waals surface area (Å²) < 4.78 is 10.3. The lowest BCUT2D eigenvalue weighted by Crippen LogP contribution is -2.06. The molecule has 0 fully saturated rings. The zero-order valence-electron chi connectivity index (χ0n) is 44.4. The van der Waals surface area contributed by atoms with Crippen LogP contribution in [0.5, 0.6) is 0 Å². The Morgan fingerprint density at radius 2 is 1.06 bits per heavy atom. The third-order valence-corrected chi connectivity index (χ3v) is 9.01. The predicted octanol–water partition coefficient (Wildman–Crippen LogP) is 11.8. The maximum Gasteiger partial charge on any atom is 0.119 e. The first-order valence-electron chi connectivity index (χ1n) is 24.5. The molecule has 0 amide bonds. The van der Waals surface area contributed by atoms with E-state index >= 15 is 0 Å². The fourth-order valence-corrected chi connectivity index (χ4v) is 6.34. The zero-order valence-corrected chi connectivity index (χ0v) is 44.4. The van der Waals surface area contributed by atoms with Gasteiger partial charge in [0.1, 0.15) is 30.1 Å². The van der Waals surface area contributed by atoms with Crippen molar-refractivity contribution in [2.45, 2.75) is 163 Å². The molecule has 0 aliphatic carbocycles. The molecule has 7 rings (SSSR count). The smallest absolute Gasteiger partial charge is 0.119 e. The molecule has 0 bridgehead atoms. The number of rotatable bonds is 15. The van der Waals surface area contributed by atoms with Gasteiger partial charge < -0.3 is 23.3 Å². The first-order chi connectivity index (χ1) is 31.9. The number of nitrogens with zero attached hydrogens (tertiary/aromatic N) is 13. The maximum absolute atomic E-state index is 4.25. The van der Waals surface area contributed by atoms with E-state index in [4.69, 9.17) is 0 Å². The number of nitrogens with one attached hydrogen (secondary N) is 1. The normalized spacial score (nSPS) is 10.6. The number of aromatic amines is 1. The molecule has 0 spiro atoms. The Kier molecular flexibility index (Phi) is 31.5. The van der Waals surface area contributed by atoms with Crippen LogP contribution in [0.1, 0.15) is 127 Å². The Hall–Kier alpha value is -5.66. The first-order valence-corrected chi connectivity index (χ1v) is 24.5. The number of imidazole rings is 4. The van der Waals surface area contributed by atoms with E-state index in [0.717, 1.165) is 63.1 Å². The van der Waals surface area contributed by atoms with Crippen molar-refractivity contribution >= 4 is 0 Å². The average Bonchev–Trinajstić information content (AvgIpc) is 4.11. The quantitative estimate of drug-likeness (QED) is 0.107. The van der Waals surface area contributed by atoms with Crippen molar-refractivity contribution in [1.29, 1.82) is 0 Å². The summed E-state index contributed by atoms with van der Waals surface area (Å²) in [4.78, 5) is 19.5. The van der Waals surface area contributed by atoms with Gasteiger partial charge in [0.05, 0.1) is 12.5 Å². The summed E-state index contributed by atoms with van der Waals surface area (Å²) in [6.07, 6.45) is 27.4. The second-order valence-electron chi connectivity index (χ2n) is 19.7. The molecular weight excluding hydrogens is 833 g/mol. The van der Waals surface area contributed by atoms with E-state index in [0.29, 0.717) is 35.5 Å². The lowest BCUT2D eigenvalue weighted by Gasteiger charge is -2.08. The van der Waals surface area contributed by atoms with Crippen LogP contribution >= 0.6 is 0 Å². The molecule has 7 aromatic rings. The van der Waals surface area contributed by atoms with Gasteiger partial charge in [-0.2, -0.15) is 0 Å². The van der Waals surface area contributed by atoms with Crippen molar-refractivity contribution in [1.82, 2.24) is 68.4 Å². The highest BCUT2D eigenvalue weighted by Crippen LogP contribution is 2.07. The zero-order chi connectivity index (χ0) is 50.0. The molecule has 14 nitrogen and oxygen atoms in total. The molecule has 6 heterocycles. The SMILES string of the molecule is CC(C)Cc1ccccc1.CC(C)Cc1ncc[nH]1.CC(C)Cn1ccnc1.CC(C)Cn1ccnn1.CC(C)Cn1cnnc1.CCc1nccn1CC(C)C.Cc1nccn1CC(C)C. The molecule has 0 aliphatic rings. The van der Waals surface area contributed by atoms with Gasteiger partial charge in [0.2, 0.25) is 0 Å². The van der Waals surface area contributed by atoms with Crippen LogP contribution in [-0.4, -0.2) is 68.4 Å². The van der Waals surface area contributed by atoms with Gasteiger partial charge >= 0.3 is 0 Å². The van der Waals surface area contributed by atoms with Crippen LogP contribution in [0.4, 0.5) is 0 Å². The summed E-state index contributed by atoms with van der Waals surface area (Å²) in [7, 11) is 0. The molecule has 0 aliphatic heterocycles. The standard InChI is InChI=1S/C10H14.C9H16N2.C8H14N2.2C7H12N2.2C6H11N3/c1-9(2)8-10-6-4-3-5-7-10;1-4-9-10-5-6-11(9)7-8(2)3;1-7(2)6-10-5-4-9-8(10)3;1-7(2)5-9-4-3-8-6-9;1-6(2)5-7-8-3-4-9-7;1-6(2)3-9-4-7-8-5-9;1-6(2)5-9-4-3-7-8-9/h3-7,9H,8H2,1-2H3;5-6,8H,4,7H2,1-3H3;4-5,7H,6H2,1-3H3;3-4,6-7H,5H2,1-2H3;3-4,6H,5H2,1-2H3,(H,8,9);4-6H,3H2,1-2H3;3-4,6H,5H2,1-2H3. The number of aromatic nitrogens is 14. The van der Waals surface area contributed by atoms with Crippen LogP contribution < -0.4 is 0 Å². The predicted molar refractivity (Wildman–Crippen MR) is 277 cm³/mol. The topological polar surface area (TPSA) is 144 Å². The fraction of sp³-hybridized carbons (Fsp3) is 0.585. The van der Waals surface area contributed by atoms with Crippen molar-refractivity contribution in [3.8, 4) is 0 Å². The molecule has 372 valence electrons. The monoisotopic (exact) mass is 923 g/mol. The van der Waals surface area contributed by atoms with E-state index in [2.05, 4.69) is 200 Å². The summed E-state index contributed by atoms with van der Waals surface area (Å²) in [6.45, 7) is 40.1. The van der Waals surface area contributed by atoms with Crippen molar-refractivity contribution in [3.05, 3.63) is 134 Å². The molecular formula is C53H90N14.